The van der Waals surface area contributed by atoms with Gasteiger partial charge in [-0.25, -0.2) is 4.79 Å². The minimum absolute atomic E-state index is 0.0161. The van der Waals surface area contributed by atoms with Crippen LogP contribution in [0.4, 0.5) is 4.79 Å². The minimum atomic E-state index is -0.0161. The molecule has 3 rings (SSSR count). The second-order valence-corrected chi connectivity index (χ2v) is 6.24. The fourth-order valence-electron chi connectivity index (χ4n) is 2.97. The third-order valence-electron chi connectivity index (χ3n) is 4.37. The Morgan fingerprint density at radius 2 is 1.96 bits per heavy atom. The summed E-state index contributed by atoms with van der Waals surface area (Å²) in [6.07, 6.45) is 2.52. The molecule has 2 heterocycles. The number of carbonyl (C=O) groups is 1. The van der Waals surface area contributed by atoms with E-state index in [0.29, 0.717) is 13.0 Å². The first-order chi connectivity index (χ1) is 12.2. The first-order valence-electron chi connectivity index (χ1n) is 8.63. The van der Waals surface area contributed by atoms with E-state index in [4.69, 9.17) is 0 Å². The standard InChI is InChI=1S/C19H24N4O2/c24-18-6-3-4-16(14-18)7-9-21-19(25)23-12-10-22(11-13-23)15-17-5-1-2-8-20-17/h1-6,8,14,24H,7,9-13,15H2,(H,21,25). The fourth-order valence-corrected chi connectivity index (χ4v) is 2.97. The van der Waals surface area contributed by atoms with Crippen molar-refractivity contribution in [1.82, 2.24) is 20.1 Å². The second-order valence-electron chi connectivity index (χ2n) is 6.24. The Bertz CT molecular complexity index is 685. The zero-order chi connectivity index (χ0) is 17.5. The van der Waals surface area contributed by atoms with Crippen LogP contribution < -0.4 is 5.32 Å². The molecule has 1 aliphatic heterocycles. The molecular formula is C19H24N4O2. The summed E-state index contributed by atoms with van der Waals surface area (Å²) in [5.41, 5.74) is 2.08. The number of nitrogens with one attached hydrogen (secondary N) is 1. The number of piperazine rings is 1. The molecule has 25 heavy (non-hydrogen) atoms. The van der Waals surface area contributed by atoms with Crippen molar-refractivity contribution in [3.8, 4) is 5.75 Å². The number of urea groups is 1. The number of hydrogen-bond acceptors (Lipinski definition) is 4. The smallest absolute Gasteiger partial charge is 0.317 e. The predicted octanol–water partition coefficient (Wildman–Crippen LogP) is 1.86. The summed E-state index contributed by atoms with van der Waals surface area (Å²) in [5, 5.41) is 12.4. The molecule has 0 atom stereocenters. The molecule has 0 spiro atoms. The lowest BCUT2D eigenvalue weighted by molar-refractivity contribution is 0.134. The average molecular weight is 340 g/mol. The van der Waals surface area contributed by atoms with Crippen molar-refractivity contribution in [3.05, 3.63) is 59.9 Å². The number of phenolic OH excluding ortho intramolecular Hbond substituents is 1. The van der Waals surface area contributed by atoms with Crippen LogP contribution in [0.5, 0.6) is 5.75 Å². The van der Waals surface area contributed by atoms with Crippen LogP contribution in [0, 0.1) is 0 Å². The van der Waals surface area contributed by atoms with E-state index in [9.17, 15) is 9.90 Å². The number of rotatable bonds is 5. The maximum absolute atomic E-state index is 12.3. The normalized spacial score (nSPS) is 15.1. The molecule has 132 valence electrons. The lowest BCUT2D eigenvalue weighted by Crippen LogP contribution is -2.51. The Labute approximate surface area is 148 Å². The fraction of sp³-hybridized carbons (Fsp3) is 0.368. The van der Waals surface area contributed by atoms with Crippen LogP contribution in [-0.4, -0.2) is 58.6 Å². The number of aromatic hydroxyl groups is 1. The summed E-state index contributed by atoms with van der Waals surface area (Å²) in [4.78, 5) is 20.8. The van der Waals surface area contributed by atoms with Gasteiger partial charge in [-0.3, -0.25) is 9.88 Å². The van der Waals surface area contributed by atoms with E-state index >= 15 is 0 Å². The molecule has 0 radical (unpaired) electrons. The molecule has 0 aliphatic carbocycles. The van der Waals surface area contributed by atoms with Crippen molar-refractivity contribution in [1.29, 1.82) is 0 Å². The number of amides is 2. The number of pyridine rings is 1. The first kappa shape index (κ1) is 17.2. The highest BCUT2D eigenvalue weighted by Crippen LogP contribution is 2.11. The topological polar surface area (TPSA) is 68.7 Å². The second kappa shape index (κ2) is 8.48. The van der Waals surface area contributed by atoms with Gasteiger partial charge in [0.1, 0.15) is 5.75 Å². The molecule has 2 N–H and O–H groups in total. The van der Waals surface area contributed by atoms with Gasteiger partial charge in [0.2, 0.25) is 0 Å². The number of carbonyl (C=O) groups excluding carboxylic acids is 1. The Hall–Kier alpha value is -2.60. The van der Waals surface area contributed by atoms with Crippen molar-refractivity contribution < 1.29 is 9.90 Å². The predicted molar refractivity (Wildman–Crippen MR) is 96.3 cm³/mol. The van der Waals surface area contributed by atoms with Gasteiger partial charge < -0.3 is 15.3 Å². The monoisotopic (exact) mass is 340 g/mol. The van der Waals surface area contributed by atoms with Gasteiger partial charge in [0.05, 0.1) is 5.69 Å². The van der Waals surface area contributed by atoms with E-state index in [1.54, 1.807) is 12.1 Å². The lowest BCUT2D eigenvalue weighted by atomic mass is 10.1. The van der Waals surface area contributed by atoms with Gasteiger partial charge in [-0.1, -0.05) is 18.2 Å². The summed E-state index contributed by atoms with van der Waals surface area (Å²) in [7, 11) is 0. The molecule has 2 amide bonds. The molecular weight excluding hydrogens is 316 g/mol. The molecule has 1 aromatic carbocycles. The van der Waals surface area contributed by atoms with Crippen LogP contribution >= 0.6 is 0 Å². The van der Waals surface area contributed by atoms with Gasteiger partial charge in [0, 0.05) is 45.5 Å². The molecule has 1 aromatic heterocycles. The maximum Gasteiger partial charge on any atom is 0.317 e. The number of benzene rings is 1. The van der Waals surface area contributed by atoms with Crippen LogP contribution in [0.15, 0.2) is 48.7 Å². The van der Waals surface area contributed by atoms with Gasteiger partial charge in [0.15, 0.2) is 0 Å². The van der Waals surface area contributed by atoms with Crippen LogP contribution in [0.2, 0.25) is 0 Å². The van der Waals surface area contributed by atoms with E-state index in [1.807, 2.05) is 41.4 Å². The van der Waals surface area contributed by atoms with E-state index in [2.05, 4.69) is 15.2 Å². The maximum atomic E-state index is 12.3. The largest absolute Gasteiger partial charge is 0.508 e. The minimum Gasteiger partial charge on any atom is -0.508 e. The van der Waals surface area contributed by atoms with E-state index < -0.39 is 0 Å². The van der Waals surface area contributed by atoms with Gasteiger partial charge in [-0.2, -0.15) is 0 Å². The van der Waals surface area contributed by atoms with Crippen molar-refractivity contribution in [2.24, 2.45) is 0 Å². The highest BCUT2D eigenvalue weighted by molar-refractivity contribution is 5.74. The average Bonchev–Trinajstić information content (AvgIpc) is 2.63. The number of hydrogen-bond donors (Lipinski definition) is 2. The molecule has 0 saturated carbocycles. The van der Waals surface area contributed by atoms with Crippen LogP contribution in [0.3, 0.4) is 0 Å². The zero-order valence-corrected chi connectivity index (χ0v) is 14.3. The molecule has 1 fully saturated rings. The van der Waals surface area contributed by atoms with Crippen LogP contribution in [0.1, 0.15) is 11.3 Å². The van der Waals surface area contributed by atoms with Crippen molar-refractivity contribution in [2.45, 2.75) is 13.0 Å². The summed E-state index contributed by atoms with van der Waals surface area (Å²) < 4.78 is 0. The Morgan fingerprint density at radius 1 is 1.12 bits per heavy atom. The molecule has 2 aromatic rings. The molecule has 0 unspecified atom stereocenters. The highest BCUT2D eigenvalue weighted by Gasteiger charge is 2.20. The number of nitrogens with zero attached hydrogens (tertiary/aromatic N) is 3. The van der Waals surface area contributed by atoms with Gasteiger partial charge >= 0.3 is 6.03 Å². The summed E-state index contributed by atoms with van der Waals surface area (Å²) >= 11 is 0. The van der Waals surface area contributed by atoms with Crippen LogP contribution in [0.25, 0.3) is 0 Å². The van der Waals surface area contributed by atoms with Crippen LogP contribution in [-0.2, 0) is 13.0 Å². The van der Waals surface area contributed by atoms with Gasteiger partial charge in [0.25, 0.3) is 0 Å². The quantitative estimate of drug-likeness (QED) is 0.872. The van der Waals surface area contributed by atoms with Crippen molar-refractivity contribution in [2.75, 3.05) is 32.7 Å². The molecule has 0 bridgehead atoms. The van der Waals surface area contributed by atoms with E-state index in [1.165, 1.54) is 0 Å². The zero-order valence-electron chi connectivity index (χ0n) is 14.3. The van der Waals surface area contributed by atoms with E-state index in [0.717, 1.165) is 44.0 Å². The molecule has 1 aliphatic rings. The third-order valence-corrected chi connectivity index (χ3v) is 4.37. The Kier molecular flexibility index (Phi) is 5.85. The first-order valence-corrected chi connectivity index (χ1v) is 8.63. The Morgan fingerprint density at radius 3 is 2.68 bits per heavy atom. The van der Waals surface area contributed by atoms with Crippen molar-refractivity contribution in [3.63, 3.8) is 0 Å². The molecule has 1 saturated heterocycles. The SMILES string of the molecule is O=C(NCCc1cccc(O)c1)N1CCN(Cc2ccccn2)CC1. The number of aromatic nitrogens is 1. The third kappa shape index (κ3) is 5.19. The molecule has 6 nitrogen and oxygen atoms in total. The van der Waals surface area contributed by atoms with Gasteiger partial charge in [-0.05, 0) is 36.2 Å². The summed E-state index contributed by atoms with van der Waals surface area (Å²) in [5.74, 6) is 0.257. The Balaban J connectivity index is 1.38. The summed E-state index contributed by atoms with van der Waals surface area (Å²) in [6, 6.07) is 13.1. The van der Waals surface area contributed by atoms with E-state index in [-0.39, 0.29) is 11.8 Å². The molecule has 6 heteroatoms. The van der Waals surface area contributed by atoms with Crippen molar-refractivity contribution >= 4 is 6.03 Å². The number of phenols is 1. The van der Waals surface area contributed by atoms with Gasteiger partial charge in [-0.15, -0.1) is 0 Å². The lowest BCUT2D eigenvalue weighted by Gasteiger charge is -2.34. The summed E-state index contributed by atoms with van der Waals surface area (Å²) in [6.45, 7) is 4.56. The highest BCUT2D eigenvalue weighted by atomic mass is 16.3.